The molecule has 0 saturated heterocycles. The van der Waals surface area contributed by atoms with Crippen molar-refractivity contribution < 1.29 is 9.21 Å². The average Bonchev–Trinajstić information content (AvgIpc) is 3.27. The van der Waals surface area contributed by atoms with Gasteiger partial charge in [0, 0.05) is 11.8 Å². The maximum absolute atomic E-state index is 12.5. The molecule has 0 radical (unpaired) electrons. The predicted octanol–water partition coefficient (Wildman–Crippen LogP) is 4.06. The molecule has 4 rings (SSSR count). The first-order valence-corrected chi connectivity index (χ1v) is 9.13. The fourth-order valence-corrected chi connectivity index (χ4v) is 3.14. The van der Waals surface area contributed by atoms with Crippen LogP contribution in [-0.4, -0.2) is 45.9 Å². The van der Waals surface area contributed by atoms with Gasteiger partial charge in [-0.1, -0.05) is 18.2 Å². The van der Waals surface area contributed by atoms with Gasteiger partial charge in [-0.15, -0.1) is 0 Å². The molecule has 0 atom stereocenters. The number of nitrogens with zero attached hydrogens (tertiary/aromatic N) is 4. The van der Waals surface area contributed by atoms with Crippen molar-refractivity contribution in [3.05, 3.63) is 54.4 Å². The van der Waals surface area contributed by atoms with E-state index in [1.54, 1.807) is 16.8 Å². The number of furan rings is 1. The van der Waals surface area contributed by atoms with Gasteiger partial charge in [-0.25, -0.2) is 9.50 Å². The Labute approximate surface area is 157 Å². The van der Waals surface area contributed by atoms with Gasteiger partial charge in [0.25, 0.3) is 0 Å². The molecular weight excluding hydrogens is 340 g/mol. The topological polar surface area (TPSA) is 63.6 Å². The molecule has 0 amide bonds. The molecule has 0 saturated carbocycles. The third kappa shape index (κ3) is 3.61. The van der Waals surface area contributed by atoms with Crippen molar-refractivity contribution in [1.82, 2.24) is 19.5 Å². The molecule has 27 heavy (non-hydrogen) atoms. The first kappa shape index (κ1) is 17.4. The third-order valence-corrected chi connectivity index (χ3v) is 4.59. The number of imidazole rings is 1. The summed E-state index contributed by atoms with van der Waals surface area (Å²) in [6.45, 7) is 0.984. The number of ketones is 1. The van der Waals surface area contributed by atoms with Crippen LogP contribution in [0.3, 0.4) is 0 Å². The van der Waals surface area contributed by atoms with Crippen LogP contribution in [0.25, 0.3) is 28.1 Å². The SMILES string of the molecule is CN(C)CCCCC(=O)c1ccc2ncc(-c3cc4ccccc4o3)n2n1. The van der Waals surface area contributed by atoms with Gasteiger partial charge in [-0.05, 0) is 57.7 Å². The minimum Gasteiger partial charge on any atom is -0.454 e. The highest BCUT2D eigenvalue weighted by Gasteiger charge is 2.15. The van der Waals surface area contributed by atoms with Gasteiger partial charge in [0.05, 0.1) is 6.20 Å². The van der Waals surface area contributed by atoms with Crippen LogP contribution >= 0.6 is 0 Å². The number of Topliss-reactive ketones (excluding diaryl/α,β-unsaturated/α-hetero) is 1. The minimum absolute atomic E-state index is 0.0555. The monoisotopic (exact) mass is 362 g/mol. The Kier molecular flexibility index (Phi) is 4.73. The highest BCUT2D eigenvalue weighted by Crippen LogP contribution is 2.27. The molecule has 6 nitrogen and oxygen atoms in total. The molecule has 1 aromatic carbocycles. The van der Waals surface area contributed by atoms with Crippen LogP contribution in [0, 0.1) is 0 Å². The van der Waals surface area contributed by atoms with Crippen molar-refractivity contribution in [1.29, 1.82) is 0 Å². The zero-order chi connectivity index (χ0) is 18.8. The van der Waals surface area contributed by atoms with E-state index < -0.39 is 0 Å². The summed E-state index contributed by atoms with van der Waals surface area (Å²) in [6, 6.07) is 13.4. The third-order valence-electron chi connectivity index (χ3n) is 4.59. The van der Waals surface area contributed by atoms with Crippen LogP contribution in [0.5, 0.6) is 0 Å². The lowest BCUT2D eigenvalue weighted by atomic mass is 10.1. The average molecular weight is 362 g/mol. The number of rotatable bonds is 7. The second kappa shape index (κ2) is 7.32. The van der Waals surface area contributed by atoms with Crippen LogP contribution in [-0.2, 0) is 0 Å². The standard InChI is InChI=1S/C21H22N4O2/c1-24(2)12-6-5-8-18(26)16-10-11-21-22-14-17(25(21)23-16)20-13-15-7-3-4-9-19(15)27-20/h3-4,7,9-11,13-14H,5-6,8,12H2,1-2H3. The van der Waals surface area contributed by atoms with Crippen LogP contribution < -0.4 is 0 Å². The number of unbranched alkanes of at least 4 members (excludes halogenated alkanes) is 1. The van der Waals surface area contributed by atoms with E-state index in [2.05, 4.69) is 15.0 Å². The molecule has 4 aromatic rings. The number of carbonyl (C=O) groups is 1. The summed E-state index contributed by atoms with van der Waals surface area (Å²) in [5.74, 6) is 0.742. The quantitative estimate of drug-likeness (QED) is 0.366. The van der Waals surface area contributed by atoms with Crippen molar-refractivity contribution >= 4 is 22.4 Å². The smallest absolute Gasteiger partial charge is 0.183 e. The first-order valence-electron chi connectivity index (χ1n) is 9.13. The molecule has 3 aromatic heterocycles. The molecule has 6 heteroatoms. The Morgan fingerprint density at radius 1 is 1.15 bits per heavy atom. The molecule has 138 valence electrons. The van der Waals surface area contributed by atoms with E-state index in [0.717, 1.165) is 36.0 Å². The Bertz CT molecular complexity index is 1060. The highest BCUT2D eigenvalue weighted by molar-refractivity contribution is 5.94. The molecule has 0 fully saturated rings. The Morgan fingerprint density at radius 3 is 2.81 bits per heavy atom. The second-order valence-corrected chi connectivity index (χ2v) is 6.96. The lowest BCUT2D eigenvalue weighted by Gasteiger charge is -2.08. The summed E-state index contributed by atoms with van der Waals surface area (Å²) in [7, 11) is 4.08. The summed E-state index contributed by atoms with van der Waals surface area (Å²) in [5.41, 5.74) is 2.70. The predicted molar refractivity (Wildman–Crippen MR) is 105 cm³/mol. The normalized spacial score (nSPS) is 11.7. The van der Waals surface area contributed by atoms with Crippen molar-refractivity contribution in [3.8, 4) is 11.5 Å². The Morgan fingerprint density at radius 2 is 2.00 bits per heavy atom. The molecule has 0 aliphatic carbocycles. The fourth-order valence-electron chi connectivity index (χ4n) is 3.14. The van der Waals surface area contributed by atoms with Gasteiger partial charge in [0.2, 0.25) is 0 Å². The van der Waals surface area contributed by atoms with Crippen LogP contribution in [0.1, 0.15) is 29.8 Å². The van der Waals surface area contributed by atoms with Crippen molar-refractivity contribution in [3.63, 3.8) is 0 Å². The van der Waals surface area contributed by atoms with Gasteiger partial charge in [0.15, 0.2) is 17.2 Å². The summed E-state index contributed by atoms with van der Waals surface area (Å²) >= 11 is 0. The van der Waals surface area contributed by atoms with E-state index in [1.807, 2.05) is 50.5 Å². The number of aromatic nitrogens is 3. The van der Waals surface area contributed by atoms with Gasteiger partial charge in [-0.2, -0.15) is 5.10 Å². The molecule has 0 N–H and O–H groups in total. The van der Waals surface area contributed by atoms with E-state index in [-0.39, 0.29) is 5.78 Å². The Balaban J connectivity index is 1.60. The van der Waals surface area contributed by atoms with Crippen LogP contribution in [0.15, 0.2) is 53.1 Å². The van der Waals surface area contributed by atoms with Crippen LogP contribution in [0.2, 0.25) is 0 Å². The molecule has 0 spiro atoms. The van der Waals surface area contributed by atoms with Gasteiger partial charge in [-0.3, -0.25) is 4.79 Å². The summed E-state index contributed by atoms with van der Waals surface area (Å²) < 4.78 is 7.62. The van der Waals surface area contributed by atoms with E-state index >= 15 is 0 Å². The number of fused-ring (bicyclic) bond motifs is 2. The lowest BCUT2D eigenvalue weighted by molar-refractivity contribution is 0.0972. The van der Waals surface area contributed by atoms with E-state index in [9.17, 15) is 4.79 Å². The van der Waals surface area contributed by atoms with Crippen molar-refractivity contribution in [2.75, 3.05) is 20.6 Å². The zero-order valence-electron chi connectivity index (χ0n) is 15.6. The second-order valence-electron chi connectivity index (χ2n) is 6.96. The number of hydrogen-bond donors (Lipinski definition) is 0. The maximum Gasteiger partial charge on any atom is 0.183 e. The summed E-state index contributed by atoms with van der Waals surface area (Å²) in [5, 5.41) is 5.55. The van der Waals surface area contributed by atoms with Crippen molar-refractivity contribution in [2.24, 2.45) is 0 Å². The van der Waals surface area contributed by atoms with E-state index in [0.29, 0.717) is 23.5 Å². The molecule has 0 aliphatic heterocycles. The maximum atomic E-state index is 12.5. The van der Waals surface area contributed by atoms with Gasteiger partial charge in [0.1, 0.15) is 17.0 Å². The number of benzene rings is 1. The molecule has 3 heterocycles. The molecule has 0 aliphatic rings. The molecule has 0 bridgehead atoms. The largest absolute Gasteiger partial charge is 0.454 e. The lowest BCUT2D eigenvalue weighted by Crippen LogP contribution is -2.13. The van der Waals surface area contributed by atoms with Gasteiger partial charge >= 0.3 is 0 Å². The summed E-state index contributed by atoms with van der Waals surface area (Å²) in [4.78, 5) is 19.0. The molecular formula is C21H22N4O2. The number of hydrogen-bond acceptors (Lipinski definition) is 5. The zero-order valence-corrected chi connectivity index (χ0v) is 15.6. The fraction of sp³-hybridized carbons (Fsp3) is 0.286. The number of carbonyl (C=O) groups excluding carboxylic acids is 1. The van der Waals surface area contributed by atoms with Gasteiger partial charge < -0.3 is 9.32 Å². The Hall–Kier alpha value is -2.99. The first-order chi connectivity index (χ1) is 13.1. The van der Waals surface area contributed by atoms with E-state index in [4.69, 9.17) is 4.42 Å². The summed E-state index contributed by atoms with van der Waals surface area (Å²) in [6.07, 6.45) is 4.08. The number of para-hydroxylation sites is 1. The van der Waals surface area contributed by atoms with E-state index in [1.165, 1.54) is 0 Å². The minimum atomic E-state index is 0.0555. The van der Waals surface area contributed by atoms with Crippen LogP contribution in [0.4, 0.5) is 0 Å². The van der Waals surface area contributed by atoms with Crippen molar-refractivity contribution in [2.45, 2.75) is 19.3 Å². The highest BCUT2D eigenvalue weighted by atomic mass is 16.3. The molecule has 0 unspecified atom stereocenters.